The molecular weight excluding hydrogens is 345 g/mol. The molecule has 132 valence electrons. The third kappa shape index (κ3) is 2.77. The van der Waals surface area contributed by atoms with Gasteiger partial charge in [-0.05, 0) is 23.8 Å². The Balaban J connectivity index is 1.63. The van der Waals surface area contributed by atoms with E-state index in [2.05, 4.69) is 35.2 Å². The summed E-state index contributed by atoms with van der Waals surface area (Å²) in [6.45, 7) is 0. The van der Waals surface area contributed by atoms with E-state index < -0.39 is 0 Å². The highest BCUT2D eigenvalue weighted by molar-refractivity contribution is 5.82. The molecule has 0 radical (unpaired) electrons. The zero-order valence-corrected chi connectivity index (χ0v) is 14.0. The second-order valence-corrected chi connectivity index (χ2v) is 6.09. The molecule has 0 aliphatic rings. The van der Waals surface area contributed by atoms with Crippen molar-refractivity contribution >= 4 is 28.0 Å². The van der Waals surface area contributed by atoms with Crippen LogP contribution in [0.2, 0.25) is 0 Å². The number of H-pyrrole nitrogens is 2. The second kappa shape index (κ2) is 6.17. The normalized spacial score (nSPS) is 12.5. The third-order valence-electron chi connectivity index (χ3n) is 4.37. The maximum atomic E-state index is 13.6. The van der Waals surface area contributed by atoms with Crippen LogP contribution in [0.3, 0.4) is 0 Å². The van der Waals surface area contributed by atoms with Gasteiger partial charge in [0, 0.05) is 0 Å². The maximum absolute atomic E-state index is 13.6. The lowest BCUT2D eigenvalue weighted by molar-refractivity contribution is 0.629. The average Bonchev–Trinajstić information content (AvgIpc) is 3.33. The smallest absolute Gasteiger partial charge is 0.162 e. The van der Waals surface area contributed by atoms with Crippen molar-refractivity contribution in [3.63, 3.8) is 0 Å². The Morgan fingerprint density at radius 1 is 1.00 bits per heavy atom. The molecule has 2 aromatic carbocycles. The molecule has 3 N–H and O–H groups in total. The number of aromatic amines is 2. The van der Waals surface area contributed by atoms with Gasteiger partial charge in [0.05, 0.1) is 17.4 Å². The lowest BCUT2D eigenvalue weighted by Crippen LogP contribution is -2.15. The summed E-state index contributed by atoms with van der Waals surface area (Å²) in [5.41, 5.74) is 3.60. The fraction of sp³-hybridized carbons (Fsp3) is 0.0526. The number of nitrogens with zero attached hydrogens (tertiary/aromatic N) is 4. The number of anilines is 1. The van der Waals surface area contributed by atoms with Crippen molar-refractivity contribution in [1.82, 2.24) is 29.9 Å². The Kier molecular flexibility index (Phi) is 3.53. The Hall–Kier alpha value is -3.81. The molecule has 0 bridgehead atoms. The largest absolute Gasteiger partial charge is 0.354 e. The molecule has 0 aliphatic heterocycles. The number of benzene rings is 2. The van der Waals surface area contributed by atoms with Crippen LogP contribution in [0.25, 0.3) is 22.2 Å². The van der Waals surface area contributed by atoms with Crippen LogP contribution >= 0.6 is 0 Å². The Morgan fingerprint density at radius 3 is 2.78 bits per heavy atom. The van der Waals surface area contributed by atoms with Crippen LogP contribution in [0, 0.1) is 5.82 Å². The molecule has 8 heteroatoms. The van der Waals surface area contributed by atoms with Crippen molar-refractivity contribution in [1.29, 1.82) is 0 Å². The van der Waals surface area contributed by atoms with Crippen LogP contribution in [0.15, 0.2) is 61.2 Å². The standard InChI is InChI=1S/C19H14FN7/c20-12-6-7-13-14(8-12)26-19(25-13)15(11-4-2-1-3-5-11)27-18-16-17(22-9-21-16)23-10-24-18/h1-10,15H,(H,25,26)(H2,21,22,23,24,27). The summed E-state index contributed by atoms with van der Waals surface area (Å²) in [6, 6.07) is 14.0. The van der Waals surface area contributed by atoms with Gasteiger partial charge in [0.2, 0.25) is 0 Å². The van der Waals surface area contributed by atoms with E-state index in [1.165, 1.54) is 18.5 Å². The molecule has 5 aromatic rings. The number of hydrogen-bond acceptors (Lipinski definition) is 5. The van der Waals surface area contributed by atoms with Gasteiger partial charge in [0.25, 0.3) is 0 Å². The molecule has 3 heterocycles. The summed E-state index contributed by atoms with van der Waals surface area (Å²) in [5.74, 6) is 0.932. The van der Waals surface area contributed by atoms with Gasteiger partial charge in [-0.2, -0.15) is 0 Å². The molecular formula is C19H14FN7. The second-order valence-electron chi connectivity index (χ2n) is 6.09. The highest BCUT2D eigenvalue weighted by Gasteiger charge is 2.20. The highest BCUT2D eigenvalue weighted by Crippen LogP contribution is 2.28. The van der Waals surface area contributed by atoms with E-state index in [4.69, 9.17) is 0 Å². The molecule has 7 nitrogen and oxygen atoms in total. The van der Waals surface area contributed by atoms with E-state index in [0.29, 0.717) is 33.8 Å². The first-order chi connectivity index (χ1) is 13.3. The van der Waals surface area contributed by atoms with E-state index >= 15 is 0 Å². The van der Waals surface area contributed by atoms with Crippen molar-refractivity contribution in [3.8, 4) is 0 Å². The predicted molar refractivity (Wildman–Crippen MR) is 99.6 cm³/mol. The van der Waals surface area contributed by atoms with E-state index in [9.17, 15) is 4.39 Å². The molecule has 3 aromatic heterocycles. The average molecular weight is 359 g/mol. The molecule has 1 unspecified atom stereocenters. The van der Waals surface area contributed by atoms with Gasteiger partial charge in [0.1, 0.15) is 29.5 Å². The van der Waals surface area contributed by atoms with E-state index in [1.54, 1.807) is 12.4 Å². The fourth-order valence-corrected chi connectivity index (χ4v) is 3.10. The number of rotatable bonds is 4. The minimum absolute atomic E-state index is 0.309. The lowest BCUT2D eigenvalue weighted by Gasteiger charge is -2.17. The van der Waals surface area contributed by atoms with Gasteiger partial charge in [0.15, 0.2) is 11.5 Å². The Labute approximate surface area is 152 Å². The summed E-state index contributed by atoms with van der Waals surface area (Å²) < 4.78 is 13.6. The molecule has 0 saturated carbocycles. The van der Waals surface area contributed by atoms with Gasteiger partial charge in [-0.15, -0.1) is 0 Å². The Bertz CT molecular complexity index is 1230. The van der Waals surface area contributed by atoms with Crippen LogP contribution in [0.1, 0.15) is 17.4 Å². The van der Waals surface area contributed by atoms with Crippen LogP contribution in [0.4, 0.5) is 10.2 Å². The summed E-state index contributed by atoms with van der Waals surface area (Å²) in [5, 5.41) is 3.40. The first-order valence-corrected chi connectivity index (χ1v) is 8.39. The maximum Gasteiger partial charge on any atom is 0.162 e. The fourth-order valence-electron chi connectivity index (χ4n) is 3.10. The number of hydrogen-bond donors (Lipinski definition) is 3. The van der Waals surface area contributed by atoms with Crippen LogP contribution in [0.5, 0.6) is 0 Å². The van der Waals surface area contributed by atoms with Gasteiger partial charge in [-0.1, -0.05) is 30.3 Å². The lowest BCUT2D eigenvalue weighted by atomic mass is 10.1. The van der Waals surface area contributed by atoms with Crippen molar-refractivity contribution in [3.05, 3.63) is 78.4 Å². The molecule has 0 spiro atoms. The quantitative estimate of drug-likeness (QED) is 0.456. The first kappa shape index (κ1) is 15.4. The minimum atomic E-state index is -0.323. The zero-order chi connectivity index (χ0) is 18.2. The number of aromatic nitrogens is 6. The van der Waals surface area contributed by atoms with Gasteiger partial charge >= 0.3 is 0 Å². The topological polar surface area (TPSA) is 95.2 Å². The highest BCUT2D eigenvalue weighted by atomic mass is 19.1. The molecule has 0 saturated heterocycles. The van der Waals surface area contributed by atoms with Crippen molar-refractivity contribution < 1.29 is 4.39 Å². The molecule has 5 rings (SSSR count). The van der Waals surface area contributed by atoms with Crippen molar-refractivity contribution in [2.24, 2.45) is 0 Å². The van der Waals surface area contributed by atoms with Crippen molar-refractivity contribution in [2.75, 3.05) is 5.32 Å². The van der Waals surface area contributed by atoms with Gasteiger partial charge < -0.3 is 15.3 Å². The molecule has 0 amide bonds. The van der Waals surface area contributed by atoms with Crippen molar-refractivity contribution in [2.45, 2.75) is 6.04 Å². The molecule has 0 fully saturated rings. The number of nitrogens with one attached hydrogen (secondary N) is 3. The molecule has 27 heavy (non-hydrogen) atoms. The summed E-state index contributed by atoms with van der Waals surface area (Å²) in [6.07, 6.45) is 3.05. The minimum Gasteiger partial charge on any atom is -0.354 e. The van der Waals surface area contributed by atoms with E-state index in [-0.39, 0.29) is 11.9 Å². The van der Waals surface area contributed by atoms with Gasteiger partial charge in [-0.3, -0.25) is 0 Å². The summed E-state index contributed by atoms with van der Waals surface area (Å²) in [4.78, 5) is 23.6. The number of fused-ring (bicyclic) bond motifs is 2. The number of imidazole rings is 2. The first-order valence-electron chi connectivity index (χ1n) is 8.39. The molecule has 0 aliphatic carbocycles. The van der Waals surface area contributed by atoms with E-state index in [0.717, 1.165) is 5.56 Å². The predicted octanol–water partition coefficient (Wildman–Crippen LogP) is 3.57. The van der Waals surface area contributed by atoms with Gasteiger partial charge in [-0.25, -0.2) is 24.3 Å². The van der Waals surface area contributed by atoms with Crippen LogP contribution in [-0.2, 0) is 0 Å². The van der Waals surface area contributed by atoms with Crippen LogP contribution in [-0.4, -0.2) is 29.9 Å². The SMILES string of the molecule is Fc1ccc2nc(C(Nc3ncnc4[nH]cnc34)c3ccccc3)[nH]c2c1. The number of halogens is 1. The molecule has 1 atom stereocenters. The third-order valence-corrected chi connectivity index (χ3v) is 4.37. The van der Waals surface area contributed by atoms with E-state index in [1.807, 2.05) is 30.3 Å². The monoisotopic (exact) mass is 359 g/mol. The Morgan fingerprint density at radius 2 is 1.89 bits per heavy atom. The summed E-state index contributed by atoms with van der Waals surface area (Å²) in [7, 11) is 0. The zero-order valence-electron chi connectivity index (χ0n) is 14.0. The summed E-state index contributed by atoms with van der Waals surface area (Å²) >= 11 is 0. The van der Waals surface area contributed by atoms with Crippen LogP contribution < -0.4 is 5.32 Å².